The Labute approximate surface area is 138 Å². The number of carbonyl (C=O) groups excluding carboxylic acids is 2. The number of allylic oxidation sites excluding steroid dienone is 2. The van der Waals surface area contributed by atoms with Crippen LogP contribution >= 0.6 is 0 Å². The van der Waals surface area contributed by atoms with Gasteiger partial charge in [-0.05, 0) is 79.6 Å². The largest absolute Gasteiger partial charge is 0.450 e. The van der Waals surface area contributed by atoms with Crippen LogP contribution in [0, 0.1) is 23.2 Å². The SMILES string of the molecule is CC(=O)O[C@]12C=CC(=O)C=C1CC[C@H]1[C@@H]3CCC[C@@]3(C)CC[C@@H]12. The number of carbonyl (C=O) groups is 2. The summed E-state index contributed by atoms with van der Waals surface area (Å²) in [6, 6.07) is 0. The lowest BCUT2D eigenvalue weighted by Crippen LogP contribution is -2.55. The zero-order valence-electron chi connectivity index (χ0n) is 14.1. The van der Waals surface area contributed by atoms with Crippen molar-refractivity contribution in [1.82, 2.24) is 0 Å². The van der Waals surface area contributed by atoms with Gasteiger partial charge < -0.3 is 4.74 Å². The molecule has 3 saturated carbocycles. The Bertz CT molecular complexity index is 616. The topological polar surface area (TPSA) is 43.4 Å². The third-order valence-electron chi connectivity index (χ3n) is 7.14. The van der Waals surface area contributed by atoms with Crippen molar-refractivity contribution in [2.45, 2.75) is 64.4 Å². The van der Waals surface area contributed by atoms with E-state index in [-0.39, 0.29) is 11.8 Å². The first-order valence-electron chi connectivity index (χ1n) is 9.08. The first kappa shape index (κ1) is 15.2. The molecule has 0 saturated heterocycles. The van der Waals surface area contributed by atoms with E-state index in [4.69, 9.17) is 4.74 Å². The molecule has 3 fully saturated rings. The van der Waals surface area contributed by atoms with Gasteiger partial charge in [-0.15, -0.1) is 0 Å². The molecular formula is C20H26O3. The maximum Gasteiger partial charge on any atom is 0.303 e. The normalized spacial score (nSPS) is 44.9. The lowest BCUT2D eigenvalue weighted by Gasteiger charge is -2.56. The molecule has 0 aliphatic heterocycles. The molecule has 0 N–H and O–H groups in total. The highest BCUT2D eigenvalue weighted by Crippen LogP contribution is 2.62. The molecule has 0 heterocycles. The van der Waals surface area contributed by atoms with Gasteiger partial charge in [0.15, 0.2) is 11.4 Å². The highest BCUT2D eigenvalue weighted by Gasteiger charge is 2.58. The Hall–Kier alpha value is -1.38. The van der Waals surface area contributed by atoms with Crippen LogP contribution in [0.2, 0.25) is 0 Å². The summed E-state index contributed by atoms with van der Waals surface area (Å²) in [6.45, 7) is 3.95. The van der Waals surface area contributed by atoms with Gasteiger partial charge in [0.1, 0.15) is 0 Å². The smallest absolute Gasteiger partial charge is 0.303 e. The van der Waals surface area contributed by atoms with Gasteiger partial charge in [0.25, 0.3) is 0 Å². The molecule has 0 amide bonds. The van der Waals surface area contributed by atoms with E-state index in [1.54, 1.807) is 12.2 Å². The Morgan fingerprint density at radius 1 is 1.22 bits per heavy atom. The van der Waals surface area contributed by atoms with Gasteiger partial charge in [-0.2, -0.15) is 0 Å². The van der Waals surface area contributed by atoms with E-state index in [1.165, 1.54) is 32.6 Å². The Morgan fingerprint density at radius 2 is 2.04 bits per heavy atom. The van der Waals surface area contributed by atoms with E-state index >= 15 is 0 Å². The zero-order chi connectivity index (χ0) is 16.2. The second-order valence-electron chi connectivity index (χ2n) is 8.29. The fourth-order valence-electron chi connectivity index (χ4n) is 6.23. The summed E-state index contributed by atoms with van der Waals surface area (Å²) in [6.07, 6.45) is 13.6. The van der Waals surface area contributed by atoms with Crippen molar-refractivity contribution in [2.24, 2.45) is 23.2 Å². The van der Waals surface area contributed by atoms with Gasteiger partial charge in [0.2, 0.25) is 0 Å². The van der Waals surface area contributed by atoms with Crippen LogP contribution in [0.5, 0.6) is 0 Å². The third-order valence-corrected chi connectivity index (χ3v) is 7.14. The minimum Gasteiger partial charge on any atom is -0.450 e. The molecule has 3 nitrogen and oxygen atoms in total. The molecule has 0 spiro atoms. The van der Waals surface area contributed by atoms with Crippen LogP contribution in [0.15, 0.2) is 23.8 Å². The summed E-state index contributed by atoms with van der Waals surface area (Å²) in [5.74, 6) is 1.50. The standard InChI is InChI=1S/C20H26O3/c1-13(21)23-20-11-7-15(22)12-14(20)5-6-16-17-4-3-9-19(17,2)10-8-18(16)20/h7,11-12,16-18H,3-6,8-10H2,1-2H3/t16-,17-,18-,19-,20+/m0/s1. The maximum atomic E-state index is 11.8. The highest BCUT2D eigenvalue weighted by atomic mass is 16.6. The average molecular weight is 314 g/mol. The van der Waals surface area contributed by atoms with Gasteiger partial charge in [0, 0.05) is 12.8 Å². The Morgan fingerprint density at radius 3 is 2.83 bits per heavy atom. The minimum atomic E-state index is -0.646. The number of rotatable bonds is 1. The number of ketones is 1. The number of hydrogen-bond donors (Lipinski definition) is 0. The van der Waals surface area contributed by atoms with E-state index in [2.05, 4.69) is 6.92 Å². The van der Waals surface area contributed by atoms with Crippen LogP contribution < -0.4 is 0 Å². The number of hydrogen-bond acceptors (Lipinski definition) is 3. The quantitative estimate of drug-likeness (QED) is 0.688. The third kappa shape index (κ3) is 2.15. The fraction of sp³-hybridized carbons (Fsp3) is 0.700. The molecule has 4 rings (SSSR count). The predicted molar refractivity (Wildman–Crippen MR) is 87.6 cm³/mol. The molecule has 4 aliphatic rings. The highest BCUT2D eigenvalue weighted by molar-refractivity contribution is 6.01. The summed E-state index contributed by atoms with van der Waals surface area (Å²) in [7, 11) is 0. The van der Waals surface area contributed by atoms with Crippen molar-refractivity contribution in [3.05, 3.63) is 23.8 Å². The summed E-state index contributed by atoms with van der Waals surface area (Å²) in [4.78, 5) is 23.7. The van der Waals surface area contributed by atoms with Crippen LogP contribution in [0.3, 0.4) is 0 Å². The van der Waals surface area contributed by atoms with Gasteiger partial charge in [0.05, 0.1) is 0 Å². The molecule has 124 valence electrons. The fourth-order valence-corrected chi connectivity index (χ4v) is 6.23. The Kier molecular flexibility index (Phi) is 3.33. The molecular weight excluding hydrogens is 288 g/mol. The maximum absolute atomic E-state index is 11.8. The van der Waals surface area contributed by atoms with Crippen LogP contribution in [0.25, 0.3) is 0 Å². The lowest BCUT2D eigenvalue weighted by atomic mass is 9.51. The molecule has 0 unspecified atom stereocenters. The molecule has 0 radical (unpaired) electrons. The molecule has 0 bridgehead atoms. The summed E-state index contributed by atoms with van der Waals surface area (Å²) < 4.78 is 5.94. The molecule has 5 atom stereocenters. The number of fused-ring (bicyclic) bond motifs is 5. The van der Waals surface area contributed by atoms with Crippen LogP contribution in [0.1, 0.15) is 58.8 Å². The lowest BCUT2D eigenvalue weighted by molar-refractivity contribution is -0.163. The molecule has 3 heteroatoms. The summed E-state index contributed by atoms with van der Waals surface area (Å²) in [5.41, 5.74) is 0.865. The first-order chi connectivity index (χ1) is 10.9. The predicted octanol–water partition coefficient (Wildman–Crippen LogP) is 3.98. The van der Waals surface area contributed by atoms with Crippen LogP contribution in [0.4, 0.5) is 0 Å². The van der Waals surface area contributed by atoms with Crippen molar-refractivity contribution >= 4 is 11.8 Å². The molecule has 4 aliphatic carbocycles. The summed E-state index contributed by atoms with van der Waals surface area (Å²) >= 11 is 0. The Balaban J connectivity index is 1.75. The van der Waals surface area contributed by atoms with E-state index in [0.717, 1.165) is 30.8 Å². The molecule has 0 aromatic carbocycles. The van der Waals surface area contributed by atoms with E-state index in [9.17, 15) is 9.59 Å². The van der Waals surface area contributed by atoms with Crippen molar-refractivity contribution in [3.8, 4) is 0 Å². The van der Waals surface area contributed by atoms with Crippen molar-refractivity contribution in [1.29, 1.82) is 0 Å². The van der Waals surface area contributed by atoms with E-state index < -0.39 is 5.60 Å². The van der Waals surface area contributed by atoms with E-state index in [1.807, 2.05) is 6.08 Å². The molecule has 0 aromatic rings. The van der Waals surface area contributed by atoms with Crippen molar-refractivity contribution < 1.29 is 14.3 Å². The van der Waals surface area contributed by atoms with Gasteiger partial charge >= 0.3 is 5.97 Å². The van der Waals surface area contributed by atoms with Crippen molar-refractivity contribution in [2.75, 3.05) is 0 Å². The van der Waals surface area contributed by atoms with Gasteiger partial charge in [-0.25, -0.2) is 0 Å². The van der Waals surface area contributed by atoms with Crippen molar-refractivity contribution in [3.63, 3.8) is 0 Å². The number of esters is 1. The van der Waals surface area contributed by atoms with Crippen LogP contribution in [-0.4, -0.2) is 17.4 Å². The minimum absolute atomic E-state index is 0.0303. The monoisotopic (exact) mass is 314 g/mol. The van der Waals surface area contributed by atoms with E-state index in [0.29, 0.717) is 17.3 Å². The van der Waals surface area contributed by atoms with Gasteiger partial charge in [-0.1, -0.05) is 13.3 Å². The zero-order valence-corrected chi connectivity index (χ0v) is 14.1. The molecule has 0 aromatic heterocycles. The number of ether oxygens (including phenoxy) is 1. The second-order valence-corrected chi connectivity index (χ2v) is 8.29. The summed E-state index contributed by atoms with van der Waals surface area (Å²) in [5, 5.41) is 0. The first-order valence-corrected chi connectivity index (χ1v) is 9.08. The average Bonchev–Trinajstić information content (AvgIpc) is 2.89. The second kappa shape index (κ2) is 5.06. The van der Waals surface area contributed by atoms with Crippen LogP contribution in [-0.2, 0) is 14.3 Å². The van der Waals surface area contributed by atoms with Gasteiger partial charge in [-0.3, -0.25) is 9.59 Å². The molecule has 23 heavy (non-hydrogen) atoms.